The monoisotopic (exact) mass is 392 g/mol. The van der Waals surface area contributed by atoms with Crippen molar-refractivity contribution in [2.24, 2.45) is 5.73 Å². The molecule has 0 radical (unpaired) electrons. The molecule has 0 saturated heterocycles. The summed E-state index contributed by atoms with van der Waals surface area (Å²) in [6, 6.07) is 4.76. The average molecular weight is 394 g/mol. The van der Waals surface area contributed by atoms with Crippen LogP contribution >= 0.6 is 27.5 Å². The molecule has 0 atom stereocenters. The smallest absolute Gasteiger partial charge is 0.265 e. The summed E-state index contributed by atoms with van der Waals surface area (Å²) in [7, 11) is -3.78. The lowest BCUT2D eigenvalue weighted by molar-refractivity contribution is 0.494. The van der Waals surface area contributed by atoms with Crippen LogP contribution in [0.4, 0.5) is 5.69 Å². The van der Waals surface area contributed by atoms with Crippen LogP contribution in [0.2, 0.25) is 5.02 Å². The van der Waals surface area contributed by atoms with Crippen LogP contribution in [0.3, 0.4) is 0 Å². The van der Waals surface area contributed by atoms with Crippen LogP contribution in [-0.2, 0) is 16.6 Å². The lowest BCUT2D eigenvalue weighted by Crippen LogP contribution is -2.16. The number of furan rings is 1. The summed E-state index contributed by atoms with van der Waals surface area (Å²) in [6.07, 6.45) is 0. The highest BCUT2D eigenvalue weighted by atomic mass is 79.9. The fourth-order valence-corrected chi connectivity index (χ4v) is 4.07. The molecule has 1 heterocycles. The van der Waals surface area contributed by atoms with E-state index in [0.29, 0.717) is 32.3 Å². The minimum Gasteiger partial charge on any atom is -0.465 e. The lowest BCUT2D eigenvalue weighted by atomic mass is 10.2. The molecule has 1 aromatic heterocycles. The number of nitrogens with two attached hydrogens (primary N) is 1. The number of nitrogens with one attached hydrogen (secondary N) is 1. The number of benzene rings is 1. The van der Waals surface area contributed by atoms with E-state index in [1.807, 2.05) is 0 Å². The van der Waals surface area contributed by atoms with Crippen molar-refractivity contribution in [1.29, 1.82) is 0 Å². The fraction of sp³-hybridized carbons (Fsp3) is 0.231. The van der Waals surface area contributed by atoms with Gasteiger partial charge in [-0.1, -0.05) is 11.6 Å². The zero-order valence-corrected chi connectivity index (χ0v) is 14.6. The topological polar surface area (TPSA) is 85.3 Å². The first-order valence-electron chi connectivity index (χ1n) is 6.03. The van der Waals surface area contributed by atoms with Gasteiger partial charge in [0.05, 0.1) is 10.7 Å². The van der Waals surface area contributed by atoms with Crippen molar-refractivity contribution in [1.82, 2.24) is 0 Å². The summed E-state index contributed by atoms with van der Waals surface area (Å²) in [4.78, 5) is 0.0913. The SMILES string of the molecule is Cc1oc(C)c(S(=O)(=O)Nc2ccc(Cl)c(Br)c2)c1CN. The van der Waals surface area contributed by atoms with Gasteiger partial charge >= 0.3 is 0 Å². The fourth-order valence-electron chi connectivity index (χ4n) is 2.06. The standard InChI is InChI=1S/C13H14BrClN2O3S/c1-7-10(6-16)13(8(2)20-7)21(18,19)17-9-3-4-12(15)11(14)5-9/h3-5,17H,6,16H2,1-2H3. The molecule has 0 saturated carbocycles. The van der Waals surface area contributed by atoms with Crippen molar-refractivity contribution in [3.05, 3.63) is 44.8 Å². The zero-order valence-electron chi connectivity index (χ0n) is 11.4. The summed E-state index contributed by atoms with van der Waals surface area (Å²) in [6.45, 7) is 3.37. The molecule has 0 amide bonds. The molecule has 2 aromatic rings. The second-order valence-electron chi connectivity index (χ2n) is 4.46. The van der Waals surface area contributed by atoms with Crippen molar-refractivity contribution in [2.75, 3.05) is 4.72 Å². The van der Waals surface area contributed by atoms with Crippen molar-refractivity contribution in [2.45, 2.75) is 25.3 Å². The Morgan fingerprint density at radius 3 is 2.57 bits per heavy atom. The van der Waals surface area contributed by atoms with Crippen molar-refractivity contribution in [3.63, 3.8) is 0 Å². The number of hydrogen-bond donors (Lipinski definition) is 2. The zero-order chi connectivity index (χ0) is 15.8. The molecule has 0 unspecified atom stereocenters. The lowest BCUT2D eigenvalue weighted by Gasteiger charge is -2.09. The van der Waals surface area contributed by atoms with Crippen LogP contribution in [0.15, 0.2) is 32.0 Å². The van der Waals surface area contributed by atoms with Crippen LogP contribution in [0.5, 0.6) is 0 Å². The maximum absolute atomic E-state index is 12.5. The normalized spacial score (nSPS) is 11.7. The third-order valence-corrected chi connectivity index (χ3v) is 5.76. The van der Waals surface area contributed by atoms with E-state index >= 15 is 0 Å². The van der Waals surface area contributed by atoms with E-state index in [0.717, 1.165) is 0 Å². The van der Waals surface area contributed by atoms with Crippen LogP contribution < -0.4 is 10.5 Å². The Labute approximate surface area is 136 Å². The molecule has 21 heavy (non-hydrogen) atoms. The largest absolute Gasteiger partial charge is 0.465 e. The van der Waals surface area contributed by atoms with E-state index in [-0.39, 0.29) is 11.4 Å². The second-order valence-corrected chi connectivity index (χ2v) is 7.34. The molecular weight excluding hydrogens is 380 g/mol. The highest BCUT2D eigenvalue weighted by molar-refractivity contribution is 9.10. The first kappa shape index (κ1) is 16.4. The van der Waals surface area contributed by atoms with Gasteiger partial charge in [0.1, 0.15) is 16.4 Å². The van der Waals surface area contributed by atoms with Crippen LogP contribution in [0, 0.1) is 13.8 Å². The third-order valence-electron chi connectivity index (χ3n) is 2.97. The Morgan fingerprint density at radius 1 is 1.33 bits per heavy atom. The number of anilines is 1. The number of halogens is 2. The average Bonchev–Trinajstić information content (AvgIpc) is 2.68. The van der Waals surface area contributed by atoms with Crippen molar-refractivity contribution in [3.8, 4) is 0 Å². The molecule has 2 rings (SSSR count). The number of rotatable bonds is 4. The number of aryl methyl sites for hydroxylation is 2. The van der Waals surface area contributed by atoms with Gasteiger partial charge < -0.3 is 10.2 Å². The quantitative estimate of drug-likeness (QED) is 0.831. The highest BCUT2D eigenvalue weighted by Gasteiger charge is 2.26. The van der Waals surface area contributed by atoms with Gasteiger partial charge in [-0.3, -0.25) is 4.72 Å². The van der Waals surface area contributed by atoms with E-state index in [1.54, 1.807) is 32.0 Å². The Kier molecular flexibility index (Phi) is 4.67. The molecule has 0 aliphatic heterocycles. The molecule has 0 spiro atoms. The van der Waals surface area contributed by atoms with Crippen LogP contribution in [0.1, 0.15) is 17.1 Å². The van der Waals surface area contributed by atoms with E-state index in [4.69, 9.17) is 21.8 Å². The molecule has 8 heteroatoms. The maximum Gasteiger partial charge on any atom is 0.265 e. The van der Waals surface area contributed by atoms with E-state index in [1.165, 1.54) is 0 Å². The Balaban J connectivity index is 2.45. The summed E-state index contributed by atoms with van der Waals surface area (Å²) in [5, 5.41) is 0.496. The molecule has 0 fully saturated rings. The predicted molar refractivity (Wildman–Crippen MR) is 86.0 cm³/mol. The molecule has 0 bridgehead atoms. The second kappa shape index (κ2) is 6.00. The molecule has 5 nitrogen and oxygen atoms in total. The Hall–Kier alpha value is -1.02. The molecule has 0 aliphatic carbocycles. The number of hydrogen-bond acceptors (Lipinski definition) is 4. The minimum absolute atomic E-state index is 0.0870. The Morgan fingerprint density at radius 2 is 2.00 bits per heavy atom. The van der Waals surface area contributed by atoms with Gasteiger partial charge in [-0.2, -0.15) is 0 Å². The molecular formula is C13H14BrClN2O3S. The predicted octanol–water partition coefficient (Wildman–Crippen LogP) is 3.57. The van der Waals surface area contributed by atoms with Crippen LogP contribution in [0.25, 0.3) is 0 Å². The molecule has 3 N–H and O–H groups in total. The first-order valence-corrected chi connectivity index (χ1v) is 8.68. The summed E-state index contributed by atoms with van der Waals surface area (Å²) >= 11 is 9.14. The maximum atomic E-state index is 12.5. The van der Waals surface area contributed by atoms with Crippen molar-refractivity contribution < 1.29 is 12.8 Å². The molecule has 114 valence electrons. The minimum atomic E-state index is -3.78. The van der Waals surface area contributed by atoms with E-state index in [2.05, 4.69) is 20.7 Å². The van der Waals surface area contributed by atoms with Crippen LogP contribution in [-0.4, -0.2) is 8.42 Å². The van der Waals surface area contributed by atoms with E-state index in [9.17, 15) is 8.42 Å². The summed E-state index contributed by atoms with van der Waals surface area (Å²) < 4.78 is 33.5. The molecule has 0 aliphatic rings. The van der Waals surface area contributed by atoms with E-state index < -0.39 is 10.0 Å². The van der Waals surface area contributed by atoms with Gasteiger partial charge in [0.25, 0.3) is 10.0 Å². The summed E-state index contributed by atoms with van der Waals surface area (Å²) in [5.41, 5.74) is 6.50. The van der Waals surface area contributed by atoms with Crippen molar-refractivity contribution >= 4 is 43.2 Å². The Bertz CT molecular complexity index is 787. The highest BCUT2D eigenvalue weighted by Crippen LogP contribution is 2.30. The molecule has 1 aromatic carbocycles. The van der Waals surface area contributed by atoms with Gasteiger partial charge in [-0.25, -0.2) is 8.42 Å². The first-order chi connectivity index (χ1) is 9.76. The summed E-state index contributed by atoms with van der Waals surface area (Å²) in [5.74, 6) is 0.821. The number of sulfonamides is 1. The van der Waals surface area contributed by atoms with Gasteiger partial charge in [0, 0.05) is 16.6 Å². The van der Waals surface area contributed by atoms with Gasteiger partial charge in [-0.05, 0) is 48.0 Å². The van der Waals surface area contributed by atoms with Gasteiger partial charge in [0.15, 0.2) is 0 Å². The third kappa shape index (κ3) is 3.26. The van der Waals surface area contributed by atoms with Gasteiger partial charge in [0.2, 0.25) is 0 Å². The van der Waals surface area contributed by atoms with Gasteiger partial charge in [-0.15, -0.1) is 0 Å².